The van der Waals surface area contributed by atoms with Crippen molar-refractivity contribution in [3.05, 3.63) is 59.2 Å². The lowest BCUT2D eigenvalue weighted by atomic mass is 9.95. The predicted octanol–water partition coefficient (Wildman–Crippen LogP) is 3.12. The van der Waals surface area contributed by atoms with Crippen molar-refractivity contribution in [3.63, 3.8) is 0 Å². The smallest absolute Gasteiger partial charge is 0.231 e. The van der Waals surface area contributed by atoms with Gasteiger partial charge in [0.25, 0.3) is 0 Å². The first-order valence-corrected chi connectivity index (χ1v) is 9.09. The Balaban J connectivity index is 1.36. The van der Waals surface area contributed by atoms with Gasteiger partial charge in [-0.05, 0) is 43.0 Å². The second-order valence-electron chi connectivity index (χ2n) is 7.12. The standard InChI is InChI=1S/C21H25N3O2/c1-15-4-3-5-16(10-15)12-23-20(22-2)24-13-21(8-9-21)17-6-7-18-19(11-17)26-14-25-18/h3-7,10-11H,8-9,12-14H2,1-2H3,(H2,22,23,24). The number of hydrogen-bond acceptors (Lipinski definition) is 3. The molecule has 26 heavy (non-hydrogen) atoms. The van der Waals surface area contributed by atoms with Crippen molar-refractivity contribution in [3.8, 4) is 11.5 Å². The molecule has 4 rings (SSSR count). The Labute approximate surface area is 154 Å². The molecule has 0 saturated heterocycles. The summed E-state index contributed by atoms with van der Waals surface area (Å²) >= 11 is 0. The zero-order chi connectivity index (χ0) is 18.0. The number of ether oxygens (including phenoxy) is 2. The van der Waals surface area contributed by atoms with E-state index in [1.54, 1.807) is 0 Å². The van der Waals surface area contributed by atoms with Crippen molar-refractivity contribution in [1.82, 2.24) is 10.6 Å². The van der Waals surface area contributed by atoms with Crippen LogP contribution in [0.4, 0.5) is 0 Å². The SMILES string of the molecule is CN=C(NCc1cccc(C)c1)NCC1(c2ccc3c(c2)OCO3)CC1. The molecule has 0 spiro atoms. The fourth-order valence-corrected chi connectivity index (χ4v) is 3.43. The van der Waals surface area contributed by atoms with Gasteiger partial charge in [-0.15, -0.1) is 0 Å². The molecule has 0 bridgehead atoms. The van der Waals surface area contributed by atoms with Gasteiger partial charge in [-0.2, -0.15) is 0 Å². The van der Waals surface area contributed by atoms with Crippen molar-refractivity contribution in [1.29, 1.82) is 0 Å². The first kappa shape index (κ1) is 16.8. The largest absolute Gasteiger partial charge is 0.454 e. The molecule has 5 nitrogen and oxygen atoms in total. The molecule has 0 aromatic heterocycles. The molecule has 1 heterocycles. The second-order valence-corrected chi connectivity index (χ2v) is 7.12. The van der Waals surface area contributed by atoms with Crippen LogP contribution in [0.5, 0.6) is 11.5 Å². The number of guanidine groups is 1. The summed E-state index contributed by atoms with van der Waals surface area (Å²) in [4.78, 5) is 4.36. The fraction of sp³-hybridized carbons (Fsp3) is 0.381. The van der Waals surface area contributed by atoms with Crippen LogP contribution >= 0.6 is 0 Å². The minimum Gasteiger partial charge on any atom is -0.454 e. The fourth-order valence-electron chi connectivity index (χ4n) is 3.43. The third-order valence-electron chi connectivity index (χ3n) is 5.20. The molecule has 1 aliphatic heterocycles. The van der Waals surface area contributed by atoms with Gasteiger partial charge in [0.1, 0.15) is 0 Å². The highest BCUT2D eigenvalue weighted by molar-refractivity contribution is 5.79. The van der Waals surface area contributed by atoms with E-state index >= 15 is 0 Å². The van der Waals surface area contributed by atoms with Crippen LogP contribution < -0.4 is 20.1 Å². The van der Waals surface area contributed by atoms with Gasteiger partial charge in [-0.3, -0.25) is 4.99 Å². The highest BCUT2D eigenvalue weighted by Gasteiger charge is 2.44. The van der Waals surface area contributed by atoms with E-state index in [9.17, 15) is 0 Å². The van der Waals surface area contributed by atoms with E-state index in [1.807, 2.05) is 13.1 Å². The molecule has 0 radical (unpaired) electrons. The van der Waals surface area contributed by atoms with Crippen LogP contribution in [0.2, 0.25) is 0 Å². The quantitative estimate of drug-likeness (QED) is 0.642. The second kappa shape index (κ2) is 6.90. The molecule has 0 atom stereocenters. The van der Waals surface area contributed by atoms with Crippen molar-refractivity contribution >= 4 is 5.96 Å². The van der Waals surface area contributed by atoms with Gasteiger partial charge in [0.05, 0.1) is 0 Å². The van der Waals surface area contributed by atoms with Crippen molar-refractivity contribution in [2.24, 2.45) is 4.99 Å². The number of benzene rings is 2. The van der Waals surface area contributed by atoms with Crippen molar-refractivity contribution < 1.29 is 9.47 Å². The molecule has 2 aromatic rings. The Morgan fingerprint density at radius 2 is 1.92 bits per heavy atom. The van der Waals surface area contributed by atoms with Crippen LogP contribution in [-0.2, 0) is 12.0 Å². The third kappa shape index (κ3) is 3.47. The van der Waals surface area contributed by atoms with Gasteiger partial charge in [-0.1, -0.05) is 35.9 Å². The van der Waals surface area contributed by atoms with E-state index in [2.05, 4.69) is 58.9 Å². The normalized spacial score (nSPS) is 17.1. The Hall–Kier alpha value is -2.69. The monoisotopic (exact) mass is 351 g/mol. The molecule has 1 saturated carbocycles. The number of aryl methyl sites for hydroxylation is 1. The molecule has 1 aliphatic carbocycles. The number of hydrogen-bond donors (Lipinski definition) is 2. The lowest BCUT2D eigenvalue weighted by Gasteiger charge is -2.19. The molecule has 2 aliphatic rings. The van der Waals surface area contributed by atoms with E-state index in [0.717, 1.165) is 30.5 Å². The van der Waals surface area contributed by atoms with Crippen LogP contribution in [0.15, 0.2) is 47.5 Å². The van der Waals surface area contributed by atoms with Gasteiger partial charge in [0, 0.05) is 25.6 Å². The molecule has 2 N–H and O–H groups in total. The number of rotatable bonds is 5. The first-order valence-electron chi connectivity index (χ1n) is 9.09. The van der Waals surface area contributed by atoms with Gasteiger partial charge >= 0.3 is 0 Å². The lowest BCUT2D eigenvalue weighted by Crippen LogP contribution is -2.40. The van der Waals surface area contributed by atoms with Crippen LogP contribution in [0, 0.1) is 6.92 Å². The van der Waals surface area contributed by atoms with Crippen LogP contribution in [0.25, 0.3) is 0 Å². The minimum atomic E-state index is 0.169. The van der Waals surface area contributed by atoms with Crippen LogP contribution in [-0.4, -0.2) is 26.3 Å². The van der Waals surface area contributed by atoms with Gasteiger partial charge in [0.15, 0.2) is 17.5 Å². The number of nitrogens with zero attached hydrogens (tertiary/aromatic N) is 1. The molecule has 5 heteroatoms. The van der Waals surface area contributed by atoms with Gasteiger partial charge < -0.3 is 20.1 Å². The van der Waals surface area contributed by atoms with E-state index in [4.69, 9.17) is 9.47 Å². The summed E-state index contributed by atoms with van der Waals surface area (Å²) in [7, 11) is 1.81. The Morgan fingerprint density at radius 3 is 2.69 bits per heavy atom. The van der Waals surface area contributed by atoms with Crippen molar-refractivity contribution in [2.45, 2.75) is 31.7 Å². The molecule has 136 valence electrons. The van der Waals surface area contributed by atoms with Crippen LogP contribution in [0.3, 0.4) is 0 Å². The summed E-state index contributed by atoms with van der Waals surface area (Å²) in [5, 5.41) is 6.89. The summed E-state index contributed by atoms with van der Waals surface area (Å²) < 4.78 is 10.9. The lowest BCUT2D eigenvalue weighted by molar-refractivity contribution is 0.174. The van der Waals surface area contributed by atoms with E-state index in [1.165, 1.54) is 29.5 Å². The van der Waals surface area contributed by atoms with Crippen LogP contribution in [0.1, 0.15) is 29.5 Å². The van der Waals surface area contributed by atoms with Gasteiger partial charge in [-0.25, -0.2) is 0 Å². The summed E-state index contributed by atoms with van der Waals surface area (Å²) in [6.07, 6.45) is 2.35. The Kier molecular flexibility index (Phi) is 4.45. The average molecular weight is 351 g/mol. The topological polar surface area (TPSA) is 54.9 Å². The first-order chi connectivity index (χ1) is 12.7. The maximum absolute atomic E-state index is 5.53. The minimum absolute atomic E-state index is 0.169. The van der Waals surface area contributed by atoms with E-state index in [-0.39, 0.29) is 5.41 Å². The molecule has 0 amide bonds. The average Bonchev–Trinajstić information content (AvgIpc) is 3.30. The van der Waals surface area contributed by atoms with Crippen molar-refractivity contribution in [2.75, 3.05) is 20.4 Å². The predicted molar refractivity (Wildman–Crippen MR) is 103 cm³/mol. The highest BCUT2D eigenvalue weighted by Crippen LogP contribution is 2.49. The van der Waals surface area contributed by atoms with E-state index < -0.39 is 0 Å². The highest BCUT2D eigenvalue weighted by atomic mass is 16.7. The third-order valence-corrected chi connectivity index (χ3v) is 5.20. The summed E-state index contributed by atoms with van der Waals surface area (Å²) in [6.45, 7) is 4.05. The maximum Gasteiger partial charge on any atom is 0.231 e. The molecule has 0 unspecified atom stereocenters. The maximum atomic E-state index is 5.53. The van der Waals surface area contributed by atoms with Gasteiger partial charge in [0.2, 0.25) is 6.79 Å². The summed E-state index contributed by atoms with van der Waals surface area (Å²) in [5.41, 5.74) is 4.00. The summed E-state index contributed by atoms with van der Waals surface area (Å²) in [5.74, 6) is 2.53. The zero-order valence-corrected chi connectivity index (χ0v) is 15.3. The Bertz CT molecular complexity index is 828. The molecular formula is C21H25N3O2. The van der Waals surface area contributed by atoms with E-state index in [0.29, 0.717) is 6.79 Å². The number of aliphatic imine (C=N–C) groups is 1. The number of nitrogens with one attached hydrogen (secondary N) is 2. The number of fused-ring (bicyclic) bond motifs is 1. The molecular weight excluding hydrogens is 326 g/mol. The Morgan fingerprint density at radius 1 is 1.08 bits per heavy atom. The summed E-state index contributed by atoms with van der Waals surface area (Å²) in [6, 6.07) is 14.8. The zero-order valence-electron chi connectivity index (χ0n) is 15.3. The molecule has 1 fully saturated rings. The molecule has 2 aromatic carbocycles.